The molecule has 3 rings (SSSR count). The first-order chi connectivity index (χ1) is 14.2. The summed E-state index contributed by atoms with van der Waals surface area (Å²) in [5.41, 5.74) is 1.83. The number of anilines is 1. The van der Waals surface area contributed by atoms with E-state index < -0.39 is 29.6 Å². The maximum atomic E-state index is 12.6. The number of aryl methyl sites for hydroxylation is 2. The molecular weight excluding hydrogens is 386 g/mol. The Hall–Kier alpha value is -2.90. The molecule has 0 unspecified atom stereocenters. The van der Waals surface area contributed by atoms with E-state index in [-0.39, 0.29) is 18.9 Å². The second kappa shape index (κ2) is 8.85. The largest absolute Gasteiger partial charge is 0.453 e. The fraction of sp³-hybridized carbons (Fsp3) is 0.545. The number of imide groups is 1. The minimum Gasteiger partial charge on any atom is -0.453 e. The van der Waals surface area contributed by atoms with Gasteiger partial charge in [0.25, 0.3) is 11.8 Å². The second-order valence-electron chi connectivity index (χ2n) is 8.17. The van der Waals surface area contributed by atoms with Gasteiger partial charge in [-0.05, 0) is 51.2 Å². The number of hydrogen-bond donors (Lipinski definition) is 2. The quantitative estimate of drug-likeness (QED) is 0.526. The highest BCUT2D eigenvalue weighted by Gasteiger charge is 2.52. The molecule has 30 heavy (non-hydrogen) atoms. The normalized spacial score (nSPS) is 18.4. The second-order valence-corrected chi connectivity index (χ2v) is 8.17. The summed E-state index contributed by atoms with van der Waals surface area (Å²) in [6.45, 7) is 5.46. The van der Waals surface area contributed by atoms with Crippen LogP contribution in [-0.4, -0.2) is 46.9 Å². The van der Waals surface area contributed by atoms with Gasteiger partial charge < -0.3 is 15.4 Å². The van der Waals surface area contributed by atoms with Crippen LogP contribution in [0.2, 0.25) is 0 Å². The highest BCUT2D eigenvalue weighted by molar-refractivity contribution is 6.07. The maximum absolute atomic E-state index is 12.6. The SMILES string of the molecule is Cc1cccc(C)c1NC(=O)[C@H](C)OC(=O)CCCN1C(=O)NC2(CCCC2)C1=O. The molecule has 8 heteroatoms. The Morgan fingerprint density at radius 2 is 1.83 bits per heavy atom. The number of carbonyl (C=O) groups is 4. The van der Waals surface area contributed by atoms with Crippen LogP contribution in [0, 0.1) is 13.8 Å². The van der Waals surface area contributed by atoms with Crippen molar-refractivity contribution in [3.63, 3.8) is 0 Å². The fourth-order valence-electron chi connectivity index (χ4n) is 4.12. The molecule has 1 aliphatic carbocycles. The Morgan fingerprint density at radius 1 is 1.20 bits per heavy atom. The number of nitrogens with zero attached hydrogens (tertiary/aromatic N) is 1. The Balaban J connectivity index is 1.45. The first-order valence-electron chi connectivity index (χ1n) is 10.4. The molecule has 1 saturated carbocycles. The zero-order chi connectivity index (χ0) is 21.9. The lowest BCUT2D eigenvalue weighted by atomic mass is 9.98. The molecule has 162 valence electrons. The van der Waals surface area contributed by atoms with Crippen LogP contribution in [0.5, 0.6) is 0 Å². The molecule has 4 amide bonds. The summed E-state index contributed by atoms with van der Waals surface area (Å²) < 4.78 is 5.22. The monoisotopic (exact) mass is 415 g/mol. The van der Waals surface area contributed by atoms with Crippen molar-refractivity contribution in [2.75, 3.05) is 11.9 Å². The van der Waals surface area contributed by atoms with Gasteiger partial charge in [-0.15, -0.1) is 0 Å². The van der Waals surface area contributed by atoms with E-state index in [0.29, 0.717) is 24.9 Å². The Kier molecular flexibility index (Phi) is 6.43. The van der Waals surface area contributed by atoms with Crippen LogP contribution < -0.4 is 10.6 Å². The van der Waals surface area contributed by atoms with Crippen molar-refractivity contribution in [2.24, 2.45) is 0 Å². The summed E-state index contributed by atoms with van der Waals surface area (Å²) in [5, 5.41) is 5.62. The Morgan fingerprint density at radius 3 is 2.47 bits per heavy atom. The standard InChI is InChI=1S/C22H29N3O5/c1-14-8-6-9-15(2)18(14)23-19(27)16(3)30-17(26)10-7-13-25-20(28)22(24-21(25)29)11-4-5-12-22/h6,8-9,16H,4-5,7,10-13H2,1-3H3,(H,23,27)(H,24,29)/t16-/m0/s1. The number of amides is 4. The van der Waals surface area contributed by atoms with Gasteiger partial charge >= 0.3 is 12.0 Å². The molecule has 0 bridgehead atoms. The number of hydrogen-bond acceptors (Lipinski definition) is 5. The van der Waals surface area contributed by atoms with Crippen molar-refractivity contribution in [3.05, 3.63) is 29.3 Å². The molecule has 1 saturated heterocycles. The van der Waals surface area contributed by atoms with E-state index in [1.165, 1.54) is 11.8 Å². The molecule has 1 spiro atoms. The summed E-state index contributed by atoms with van der Waals surface area (Å²) in [6.07, 6.45) is 2.55. The third-order valence-electron chi connectivity index (χ3n) is 5.87. The van der Waals surface area contributed by atoms with E-state index in [4.69, 9.17) is 4.74 Å². The number of para-hydroxylation sites is 1. The third-order valence-corrected chi connectivity index (χ3v) is 5.87. The highest BCUT2D eigenvalue weighted by Crippen LogP contribution is 2.35. The topological polar surface area (TPSA) is 105 Å². The molecule has 0 aromatic heterocycles. The number of benzene rings is 1. The molecule has 2 N–H and O–H groups in total. The van der Waals surface area contributed by atoms with E-state index in [2.05, 4.69) is 10.6 Å². The molecule has 0 radical (unpaired) electrons. The Labute approximate surface area is 176 Å². The van der Waals surface area contributed by atoms with Crippen molar-refractivity contribution >= 4 is 29.5 Å². The lowest BCUT2D eigenvalue weighted by Gasteiger charge is -2.20. The van der Waals surface area contributed by atoms with Gasteiger partial charge in [-0.1, -0.05) is 31.0 Å². The van der Waals surface area contributed by atoms with Gasteiger partial charge in [-0.2, -0.15) is 0 Å². The third kappa shape index (κ3) is 4.47. The van der Waals surface area contributed by atoms with Gasteiger partial charge in [0.2, 0.25) is 0 Å². The van der Waals surface area contributed by atoms with Crippen LogP contribution in [0.3, 0.4) is 0 Å². The summed E-state index contributed by atoms with van der Waals surface area (Å²) in [6, 6.07) is 5.30. The molecule has 2 aliphatic rings. The zero-order valence-electron chi connectivity index (χ0n) is 17.7. The van der Waals surface area contributed by atoms with Crippen LogP contribution in [0.4, 0.5) is 10.5 Å². The van der Waals surface area contributed by atoms with Crippen LogP contribution in [0.15, 0.2) is 18.2 Å². The van der Waals surface area contributed by atoms with Gasteiger partial charge in [-0.25, -0.2) is 4.79 Å². The first kappa shape index (κ1) is 21.8. The average Bonchev–Trinajstić information content (AvgIpc) is 3.25. The smallest absolute Gasteiger partial charge is 0.325 e. The van der Waals surface area contributed by atoms with E-state index in [1.54, 1.807) is 0 Å². The minimum atomic E-state index is -0.949. The molecule has 1 heterocycles. The molecule has 1 atom stereocenters. The van der Waals surface area contributed by atoms with Gasteiger partial charge in [0.1, 0.15) is 5.54 Å². The summed E-state index contributed by atoms with van der Waals surface area (Å²) in [5.74, 6) is -1.14. The maximum Gasteiger partial charge on any atom is 0.325 e. The molecule has 1 aromatic rings. The molecule has 1 aliphatic heterocycles. The highest BCUT2D eigenvalue weighted by atomic mass is 16.5. The predicted molar refractivity (Wildman–Crippen MR) is 111 cm³/mol. The number of carbonyl (C=O) groups excluding carboxylic acids is 4. The van der Waals surface area contributed by atoms with Gasteiger partial charge in [0, 0.05) is 18.7 Å². The zero-order valence-corrected chi connectivity index (χ0v) is 17.7. The molecule has 1 aromatic carbocycles. The predicted octanol–water partition coefficient (Wildman–Crippen LogP) is 2.82. The van der Waals surface area contributed by atoms with Crippen molar-refractivity contribution in [2.45, 2.75) is 70.9 Å². The number of nitrogens with one attached hydrogen (secondary N) is 2. The minimum absolute atomic E-state index is 0.0189. The fourth-order valence-corrected chi connectivity index (χ4v) is 4.12. The number of urea groups is 1. The lowest BCUT2D eigenvalue weighted by molar-refractivity contribution is -0.153. The Bertz CT molecular complexity index is 840. The van der Waals surface area contributed by atoms with Crippen molar-refractivity contribution in [3.8, 4) is 0 Å². The first-order valence-corrected chi connectivity index (χ1v) is 10.4. The summed E-state index contributed by atoms with van der Waals surface area (Å²) in [4.78, 5) is 50.4. The van der Waals surface area contributed by atoms with Crippen LogP contribution in [0.25, 0.3) is 0 Å². The van der Waals surface area contributed by atoms with Crippen LogP contribution in [0.1, 0.15) is 56.6 Å². The number of ether oxygens (including phenoxy) is 1. The van der Waals surface area contributed by atoms with E-state index in [9.17, 15) is 19.2 Å². The molecule has 2 fully saturated rings. The van der Waals surface area contributed by atoms with Crippen LogP contribution in [-0.2, 0) is 19.1 Å². The van der Waals surface area contributed by atoms with Crippen LogP contribution >= 0.6 is 0 Å². The van der Waals surface area contributed by atoms with Crippen molar-refractivity contribution < 1.29 is 23.9 Å². The van der Waals surface area contributed by atoms with E-state index >= 15 is 0 Å². The van der Waals surface area contributed by atoms with Gasteiger partial charge in [0.05, 0.1) is 0 Å². The molecular formula is C22H29N3O5. The van der Waals surface area contributed by atoms with Crippen molar-refractivity contribution in [1.29, 1.82) is 0 Å². The average molecular weight is 415 g/mol. The summed E-state index contributed by atoms with van der Waals surface area (Å²) in [7, 11) is 0. The lowest BCUT2D eigenvalue weighted by Crippen LogP contribution is -2.44. The van der Waals surface area contributed by atoms with Gasteiger partial charge in [0.15, 0.2) is 6.10 Å². The molecule has 8 nitrogen and oxygen atoms in total. The number of esters is 1. The summed E-state index contributed by atoms with van der Waals surface area (Å²) >= 11 is 0. The number of rotatable bonds is 7. The van der Waals surface area contributed by atoms with Gasteiger partial charge in [-0.3, -0.25) is 19.3 Å². The van der Waals surface area contributed by atoms with E-state index in [1.807, 2.05) is 32.0 Å². The van der Waals surface area contributed by atoms with E-state index in [0.717, 1.165) is 24.0 Å². The van der Waals surface area contributed by atoms with Crippen molar-refractivity contribution in [1.82, 2.24) is 10.2 Å².